The van der Waals surface area contributed by atoms with Crippen LogP contribution in [0.1, 0.15) is 25.7 Å². The highest BCUT2D eigenvalue weighted by Gasteiger charge is 2.22. The van der Waals surface area contributed by atoms with Crippen molar-refractivity contribution in [1.29, 1.82) is 0 Å². The second-order valence-electron chi connectivity index (χ2n) is 5.16. The molecule has 0 saturated carbocycles. The summed E-state index contributed by atoms with van der Waals surface area (Å²) in [4.78, 5) is 13.8. The number of likely N-dealkylation sites (N-methyl/N-ethyl adjacent to an activating group) is 1. The van der Waals surface area contributed by atoms with Crippen LogP contribution in [0.2, 0.25) is 0 Å². The van der Waals surface area contributed by atoms with Gasteiger partial charge in [-0.15, -0.1) is 0 Å². The molecule has 2 aliphatic rings. The molecule has 1 amide bonds. The number of rotatable bonds is 4. The molecule has 2 saturated heterocycles. The van der Waals surface area contributed by atoms with E-state index in [1.54, 1.807) is 4.90 Å². The minimum Gasteiger partial charge on any atom is -0.376 e. The summed E-state index contributed by atoms with van der Waals surface area (Å²) in [5.41, 5.74) is 0. The maximum Gasteiger partial charge on any atom is 0.225 e. The maximum absolute atomic E-state index is 12.0. The zero-order valence-electron chi connectivity index (χ0n) is 11.2. The van der Waals surface area contributed by atoms with Crippen molar-refractivity contribution >= 4 is 5.91 Å². The Bertz CT molecular complexity index is 261. The van der Waals surface area contributed by atoms with Gasteiger partial charge in [0.05, 0.1) is 25.2 Å². The van der Waals surface area contributed by atoms with Crippen LogP contribution in [0.25, 0.3) is 0 Å². The van der Waals surface area contributed by atoms with Crippen molar-refractivity contribution in [3.63, 3.8) is 0 Å². The Labute approximate surface area is 109 Å². The molecule has 0 radical (unpaired) electrons. The van der Waals surface area contributed by atoms with Crippen molar-refractivity contribution in [2.45, 2.75) is 37.9 Å². The van der Waals surface area contributed by atoms with Crippen LogP contribution in [-0.4, -0.2) is 62.9 Å². The number of hydrogen-bond acceptors (Lipinski definition) is 4. The molecule has 5 nitrogen and oxygen atoms in total. The van der Waals surface area contributed by atoms with E-state index in [4.69, 9.17) is 9.47 Å². The summed E-state index contributed by atoms with van der Waals surface area (Å²) >= 11 is 0. The molecule has 2 aliphatic heterocycles. The summed E-state index contributed by atoms with van der Waals surface area (Å²) in [6.07, 6.45) is 4.15. The minimum atomic E-state index is 0.0287. The van der Waals surface area contributed by atoms with E-state index in [-0.39, 0.29) is 18.1 Å². The second-order valence-corrected chi connectivity index (χ2v) is 5.16. The fourth-order valence-electron chi connectivity index (χ4n) is 2.46. The van der Waals surface area contributed by atoms with Crippen molar-refractivity contribution in [2.24, 2.45) is 0 Å². The van der Waals surface area contributed by atoms with E-state index in [1.165, 1.54) is 6.42 Å². The van der Waals surface area contributed by atoms with Gasteiger partial charge in [0.25, 0.3) is 0 Å². The van der Waals surface area contributed by atoms with Crippen LogP contribution in [0.15, 0.2) is 0 Å². The Morgan fingerprint density at radius 2 is 2.11 bits per heavy atom. The van der Waals surface area contributed by atoms with E-state index in [2.05, 4.69) is 5.32 Å². The first kappa shape index (κ1) is 13.8. The molecule has 2 rings (SSSR count). The van der Waals surface area contributed by atoms with Crippen molar-refractivity contribution in [2.75, 3.05) is 39.9 Å². The van der Waals surface area contributed by atoms with Crippen LogP contribution in [0.3, 0.4) is 0 Å². The van der Waals surface area contributed by atoms with Gasteiger partial charge >= 0.3 is 0 Å². The van der Waals surface area contributed by atoms with Gasteiger partial charge in [-0.2, -0.15) is 0 Å². The molecule has 104 valence electrons. The lowest BCUT2D eigenvalue weighted by Gasteiger charge is -2.29. The van der Waals surface area contributed by atoms with Gasteiger partial charge < -0.3 is 19.7 Å². The molecule has 18 heavy (non-hydrogen) atoms. The number of nitrogens with zero attached hydrogens (tertiary/aromatic N) is 1. The lowest BCUT2D eigenvalue weighted by atomic mass is 10.1. The molecular formula is C13H24N2O3. The first-order valence-corrected chi connectivity index (χ1v) is 6.93. The first-order chi connectivity index (χ1) is 8.75. The van der Waals surface area contributed by atoms with E-state index in [0.717, 1.165) is 32.5 Å². The van der Waals surface area contributed by atoms with Gasteiger partial charge in [0, 0.05) is 33.3 Å². The zero-order valence-corrected chi connectivity index (χ0v) is 11.2. The predicted octanol–water partition coefficient (Wildman–Crippen LogP) is 0.392. The van der Waals surface area contributed by atoms with E-state index in [1.807, 2.05) is 7.05 Å². The number of carbonyl (C=O) groups excluding carboxylic acids is 1. The quantitative estimate of drug-likeness (QED) is 0.790. The number of morpholine rings is 1. The number of ether oxygens (including phenoxy) is 2. The Hall–Kier alpha value is -0.650. The van der Waals surface area contributed by atoms with Crippen molar-refractivity contribution < 1.29 is 14.3 Å². The Morgan fingerprint density at radius 3 is 2.78 bits per heavy atom. The number of nitrogens with one attached hydrogen (secondary N) is 1. The lowest BCUT2D eigenvalue weighted by Crippen LogP contribution is -2.43. The van der Waals surface area contributed by atoms with Crippen LogP contribution in [-0.2, 0) is 14.3 Å². The summed E-state index contributed by atoms with van der Waals surface area (Å²) in [5, 5.41) is 3.24. The van der Waals surface area contributed by atoms with E-state index in [0.29, 0.717) is 19.6 Å². The third-order valence-electron chi connectivity index (χ3n) is 3.58. The number of amides is 1. The van der Waals surface area contributed by atoms with Crippen molar-refractivity contribution in [3.05, 3.63) is 0 Å². The summed E-state index contributed by atoms with van der Waals surface area (Å²) in [6.45, 7) is 3.91. The third-order valence-corrected chi connectivity index (χ3v) is 3.58. The normalized spacial score (nSPS) is 28.9. The summed E-state index contributed by atoms with van der Waals surface area (Å²) in [7, 11) is 1.86. The molecule has 1 N–H and O–H groups in total. The fourth-order valence-corrected chi connectivity index (χ4v) is 2.46. The van der Waals surface area contributed by atoms with Gasteiger partial charge in [-0.3, -0.25) is 4.79 Å². The van der Waals surface area contributed by atoms with Crippen LogP contribution in [0.5, 0.6) is 0 Å². The minimum absolute atomic E-state index is 0.0287. The van der Waals surface area contributed by atoms with E-state index >= 15 is 0 Å². The van der Waals surface area contributed by atoms with Gasteiger partial charge in [0.1, 0.15) is 0 Å². The van der Waals surface area contributed by atoms with Crippen molar-refractivity contribution in [3.8, 4) is 0 Å². The molecule has 0 bridgehead atoms. The topological polar surface area (TPSA) is 50.8 Å². The standard InChI is InChI=1S/C13H24N2O3/c1-15(10-11-4-2-3-6-17-11)13(16)8-12-9-14-5-7-18-12/h11-12,14H,2-10H2,1H3. The lowest BCUT2D eigenvalue weighted by molar-refractivity contribution is -0.135. The Kier molecular flexibility index (Phi) is 5.41. The molecule has 0 aliphatic carbocycles. The molecule has 2 unspecified atom stereocenters. The van der Waals surface area contributed by atoms with Crippen LogP contribution in [0.4, 0.5) is 0 Å². The fraction of sp³-hybridized carbons (Fsp3) is 0.923. The van der Waals surface area contributed by atoms with Gasteiger partial charge in [-0.1, -0.05) is 0 Å². The molecule has 0 aromatic heterocycles. The molecule has 0 aromatic carbocycles. The highest BCUT2D eigenvalue weighted by Crippen LogP contribution is 2.14. The maximum atomic E-state index is 12.0. The van der Waals surface area contributed by atoms with Crippen LogP contribution in [0, 0.1) is 0 Å². The Balaban J connectivity index is 1.69. The SMILES string of the molecule is CN(CC1CCCCO1)C(=O)CC1CNCCO1. The molecule has 5 heteroatoms. The third kappa shape index (κ3) is 4.23. The summed E-state index contributed by atoms with van der Waals surface area (Å²) < 4.78 is 11.2. The molecular weight excluding hydrogens is 232 g/mol. The predicted molar refractivity (Wildman–Crippen MR) is 68.5 cm³/mol. The average molecular weight is 256 g/mol. The number of carbonyl (C=O) groups is 1. The average Bonchev–Trinajstić information content (AvgIpc) is 2.41. The highest BCUT2D eigenvalue weighted by molar-refractivity contribution is 5.76. The van der Waals surface area contributed by atoms with Gasteiger partial charge in [-0.05, 0) is 19.3 Å². The number of hydrogen-bond donors (Lipinski definition) is 1. The Morgan fingerprint density at radius 1 is 1.28 bits per heavy atom. The van der Waals surface area contributed by atoms with Crippen LogP contribution >= 0.6 is 0 Å². The monoisotopic (exact) mass is 256 g/mol. The highest BCUT2D eigenvalue weighted by atomic mass is 16.5. The molecule has 2 fully saturated rings. The van der Waals surface area contributed by atoms with Gasteiger partial charge in [-0.25, -0.2) is 0 Å². The first-order valence-electron chi connectivity index (χ1n) is 6.93. The van der Waals surface area contributed by atoms with Crippen molar-refractivity contribution in [1.82, 2.24) is 10.2 Å². The summed E-state index contributed by atoms with van der Waals surface area (Å²) in [6, 6.07) is 0. The zero-order chi connectivity index (χ0) is 12.8. The van der Waals surface area contributed by atoms with E-state index < -0.39 is 0 Å². The largest absolute Gasteiger partial charge is 0.376 e. The van der Waals surface area contributed by atoms with Crippen LogP contribution < -0.4 is 5.32 Å². The smallest absolute Gasteiger partial charge is 0.225 e. The van der Waals surface area contributed by atoms with Gasteiger partial charge in [0.2, 0.25) is 5.91 Å². The molecule has 2 heterocycles. The summed E-state index contributed by atoms with van der Waals surface area (Å²) in [5.74, 6) is 0.151. The van der Waals surface area contributed by atoms with Gasteiger partial charge in [0.15, 0.2) is 0 Å². The second kappa shape index (κ2) is 7.07. The molecule has 2 atom stereocenters. The molecule has 0 aromatic rings. The molecule has 0 spiro atoms. The van der Waals surface area contributed by atoms with E-state index in [9.17, 15) is 4.79 Å².